The van der Waals surface area contributed by atoms with Crippen LogP contribution in [0.3, 0.4) is 0 Å². The molecular weight excluding hydrogens is 924 g/mol. The van der Waals surface area contributed by atoms with Crippen LogP contribution in [0.25, 0.3) is 0 Å². The number of nitrogens with zero attached hydrogens (tertiary/aromatic N) is 1. The van der Waals surface area contributed by atoms with Crippen LogP contribution in [0, 0.1) is 0 Å². The lowest BCUT2D eigenvalue weighted by Gasteiger charge is -2.25. The molecule has 9 heteroatoms. The number of hydrogen-bond acceptors (Lipinski definition) is 5. The molecule has 3 N–H and O–H groups in total. The minimum absolute atomic E-state index is 0.0652. The summed E-state index contributed by atoms with van der Waals surface area (Å²) in [7, 11) is 1.59. The van der Waals surface area contributed by atoms with E-state index < -0.39 is 20.0 Å². The number of aliphatic hydroxyl groups excluding tert-OH is 1. The summed E-state index contributed by atoms with van der Waals surface area (Å²) in [6, 6.07) is -0.842. The van der Waals surface area contributed by atoms with Gasteiger partial charge in [-0.05, 0) is 19.3 Å². The number of unbranched alkanes of at least 4 members (excludes halogenated alkanes) is 48. The van der Waals surface area contributed by atoms with Gasteiger partial charge in [0, 0.05) is 6.42 Å². The van der Waals surface area contributed by atoms with Crippen molar-refractivity contribution >= 4 is 13.7 Å². The van der Waals surface area contributed by atoms with Crippen molar-refractivity contribution in [2.24, 2.45) is 0 Å². The number of quaternary nitrogens is 1. The second-order valence-electron chi connectivity index (χ2n) is 23.9. The van der Waals surface area contributed by atoms with Gasteiger partial charge >= 0.3 is 7.82 Å². The van der Waals surface area contributed by atoms with Gasteiger partial charge in [0.15, 0.2) is 0 Å². The topological polar surface area (TPSA) is 105 Å². The largest absolute Gasteiger partial charge is 0.472 e. The zero-order valence-electron chi connectivity index (χ0n) is 49.9. The van der Waals surface area contributed by atoms with Crippen molar-refractivity contribution in [3.05, 3.63) is 12.2 Å². The van der Waals surface area contributed by atoms with Crippen LogP contribution in [-0.2, 0) is 18.4 Å². The van der Waals surface area contributed by atoms with E-state index in [9.17, 15) is 19.4 Å². The summed E-state index contributed by atoms with van der Waals surface area (Å²) >= 11 is 0. The maximum absolute atomic E-state index is 13.0. The summed E-state index contributed by atoms with van der Waals surface area (Å²) in [5.74, 6) is -0.168. The lowest BCUT2D eigenvalue weighted by atomic mass is 10.0. The summed E-state index contributed by atoms with van der Waals surface area (Å²) in [6.45, 7) is 4.87. The first kappa shape index (κ1) is 72.2. The van der Waals surface area contributed by atoms with Gasteiger partial charge < -0.3 is 19.8 Å². The van der Waals surface area contributed by atoms with Crippen molar-refractivity contribution < 1.29 is 32.9 Å². The number of carbonyl (C=O) groups excluding carboxylic acids is 1. The summed E-state index contributed by atoms with van der Waals surface area (Å²) < 4.78 is 23.7. The molecule has 0 aliphatic heterocycles. The molecule has 73 heavy (non-hydrogen) atoms. The molecule has 3 unspecified atom stereocenters. The van der Waals surface area contributed by atoms with Gasteiger partial charge in [0.05, 0.1) is 39.9 Å². The average molecular weight is 1050 g/mol. The van der Waals surface area contributed by atoms with Crippen LogP contribution < -0.4 is 5.32 Å². The van der Waals surface area contributed by atoms with E-state index in [0.717, 1.165) is 32.1 Å². The molecule has 3 atom stereocenters. The maximum Gasteiger partial charge on any atom is 0.472 e. The van der Waals surface area contributed by atoms with Crippen LogP contribution in [-0.4, -0.2) is 73.4 Å². The fraction of sp³-hybridized carbons (Fsp3) is 0.953. The first-order valence-electron chi connectivity index (χ1n) is 32.6. The minimum Gasteiger partial charge on any atom is -0.387 e. The van der Waals surface area contributed by atoms with Crippen molar-refractivity contribution in [2.45, 2.75) is 353 Å². The number of phosphoric ester groups is 1. The highest BCUT2D eigenvalue weighted by atomic mass is 31.2. The second kappa shape index (κ2) is 56.0. The van der Waals surface area contributed by atoms with Crippen molar-refractivity contribution in [2.75, 3.05) is 40.9 Å². The van der Waals surface area contributed by atoms with Gasteiger partial charge in [-0.1, -0.05) is 328 Å². The maximum atomic E-state index is 13.0. The number of hydrogen-bond donors (Lipinski definition) is 3. The van der Waals surface area contributed by atoms with Gasteiger partial charge in [-0.2, -0.15) is 0 Å². The van der Waals surface area contributed by atoms with Crippen LogP contribution in [0.2, 0.25) is 0 Å². The third-order valence-electron chi connectivity index (χ3n) is 15.3. The summed E-state index contributed by atoms with van der Waals surface area (Å²) in [5.41, 5.74) is 0. The Bertz CT molecular complexity index is 1200. The monoisotopic (exact) mass is 1050 g/mol. The van der Waals surface area contributed by atoms with Crippen molar-refractivity contribution in [3.8, 4) is 0 Å². The first-order chi connectivity index (χ1) is 35.5. The molecule has 0 aromatic heterocycles. The van der Waals surface area contributed by atoms with Gasteiger partial charge in [-0.3, -0.25) is 13.8 Å². The number of carbonyl (C=O) groups is 1. The Morgan fingerprint density at radius 2 is 0.726 bits per heavy atom. The smallest absolute Gasteiger partial charge is 0.387 e. The molecule has 0 saturated heterocycles. The Morgan fingerprint density at radius 3 is 1.01 bits per heavy atom. The van der Waals surface area contributed by atoms with E-state index in [1.807, 2.05) is 27.2 Å². The van der Waals surface area contributed by atoms with E-state index in [2.05, 4.69) is 19.2 Å². The molecule has 0 saturated carbocycles. The normalized spacial score (nSPS) is 13.8. The average Bonchev–Trinajstić information content (AvgIpc) is 3.35. The predicted molar refractivity (Wildman–Crippen MR) is 319 cm³/mol. The molecule has 1 amide bonds. The molecule has 0 spiro atoms. The van der Waals surface area contributed by atoms with Crippen LogP contribution in [0.15, 0.2) is 12.2 Å². The third-order valence-corrected chi connectivity index (χ3v) is 16.2. The number of aliphatic hydroxyl groups is 1. The Hall–Kier alpha value is -0.760. The number of rotatable bonds is 61. The molecule has 0 aliphatic rings. The van der Waals surface area contributed by atoms with Crippen LogP contribution in [0.1, 0.15) is 341 Å². The number of phosphoric acid groups is 1. The number of amides is 1. The lowest BCUT2D eigenvalue weighted by Crippen LogP contribution is -2.45. The van der Waals surface area contributed by atoms with Crippen LogP contribution >= 0.6 is 7.82 Å². The zero-order chi connectivity index (χ0) is 53.5. The van der Waals surface area contributed by atoms with E-state index in [1.165, 1.54) is 289 Å². The van der Waals surface area contributed by atoms with E-state index in [4.69, 9.17) is 9.05 Å². The van der Waals surface area contributed by atoms with Crippen molar-refractivity contribution in [3.63, 3.8) is 0 Å². The molecule has 0 radical (unpaired) electrons. The van der Waals surface area contributed by atoms with Gasteiger partial charge in [-0.25, -0.2) is 4.57 Å². The third kappa shape index (κ3) is 58.8. The standard InChI is InChI=1S/C64H129N2O6P/c1-6-8-10-12-14-16-18-20-22-24-25-26-27-28-29-30-31-32-33-34-35-36-37-38-39-40-42-44-46-48-50-52-54-56-58-64(68)65-62(61-72-73(69,70)71-60-59-66(3,4)5)63(67)57-55-53-51-49-47-45-43-41-23-21-19-17-15-13-11-9-7-2/h55,57,62-63,67H,6-54,56,58-61H2,1-5H3,(H-,65,68,69,70)/p+1/b57-55+. The van der Waals surface area contributed by atoms with Crippen molar-refractivity contribution in [1.29, 1.82) is 0 Å². The Balaban J connectivity index is 3.96. The first-order valence-corrected chi connectivity index (χ1v) is 34.1. The van der Waals surface area contributed by atoms with Crippen LogP contribution in [0.4, 0.5) is 0 Å². The molecular formula is C64H130N2O6P+. The molecule has 8 nitrogen and oxygen atoms in total. The van der Waals surface area contributed by atoms with Gasteiger partial charge in [-0.15, -0.1) is 0 Å². The van der Waals surface area contributed by atoms with Crippen LogP contribution in [0.5, 0.6) is 0 Å². The minimum atomic E-state index is -4.34. The summed E-state index contributed by atoms with van der Waals surface area (Å²) in [4.78, 5) is 23.3. The lowest BCUT2D eigenvalue weighted by molar-refractivity contribution is -0.870. The predicted octanol–water partition coefficient (Wildman–Crippen LogP) is 20.2. The summed E-state index contributed by atoms with van der Waals surface area (Å²) in [5, 5.41) is 14.0. The Labute approximate surface area is 456 Å². The van der Waals surface area contributed by atoms with Crippen molar-refractivity contribution in [1.82, 2.24) is 5.32 Å². The molecule has 0 rings (SSSR count). The molecule has 0 aromatic rings. The number of nitrogens with one attached hydrogen (secondary N) is 1. The number of allylic oxidation sites excluding steroid dienone is 1. The molecule has 0 fully saturated rings. The fourth-order valence-electron chi connectivity index (χ4n) is 10.2. The van der Waals surface area contributed by atoms with E-state index in [1.54, 1.807) is 6.08 Å². The molecule has 436 valence electrons. The van der Waals surface area contributed by atoms with Gasteiger partial charge in [0.1, 0.15) is 13.2 Å². The van der Waals surface area contributed by atoms with Gasteiger partial charge in [0.25, 0.3) is 0 Å². The zero-order valence-corrected chi connectivity index (χ0v) is 50.8. The van der Waals surface area contributed by atoms with Gasteiger partial charge in [0.2, 0.25) is 5.91 Å². The molecule has 0 heterocycles. The summed E-state index contributed by atoms with van der Waals surface area (Å²) in [6.07, 6.45) is 70.6. The molecule has 0 aromatic carbocycles. The SMILES string of the molecule is CCCCCCCCCCCCCCCCC/C=C/C(O)C(COP(=O)(O)OCC[N+](C)(C)C)NC(=O)CCCCCCCCCCCCCCCCCCCCCCCCCCCCCCCCCCCC. The Morgan fingerprint density at radius 1 is 0.452 bits per heavy atom. The quantitative estimate of drug-likeness (QED) is 0.0243. The second-order valence-corrected chi connectivity index (χ2v) is 25.3. The highest BCUT2D eigenvalue weighted by molar-refractivity contribution is 7.47. The fourth-order valence-corrected chi connectivity index (χ4v) is 10.9. The molecule has 0 bridgehead atoms. The highest BCUT2D eigenvalue weighted by Crippen LogP contribution is 2.43. The molecule has 0 aliphatic carbocycles. The Kier molecular flexibility index (Phi) is 55.4. The van der Waals surface area contributed by atoms with E-state index in [0.29, 0.717) is 17.4 Å². The van der Waals surface area contributed by atoms with E-state index in [-0.39, 0.29) is 19.1 Å². The number of likely N-dealkylation sites (N-methyl/N-ethyl adjacent to an activating group) is 1. The highest BCUT2D eigenvalue weighted by Gasteiger charge is 2.28. The van der Waals surface area contributed by atoms with E-state index >= 15 is 0 Å².